The van der Waals surface area contributed by atoms with Crippen molar-refractivity contribution in [3.63, 3.8) is 0 Å². The molecule has 0 spiro atoms. The molecule has 0 radical (unpaired) electrons. The van der Waals surface area contributed by atoms with Gasteiger partial charge < -0.3 is 10.3 Å². The van der Waals surface area contributed by atoms with E-state index in [-0.39, 0.29) is 0 Å². The van der Waals surface area contributed by atoms with Crippen LogP contribution in [0.4, 0.5) is 5.82 Å². The summed E-state index contributed by atoms with van der Waals surface area (Å²) in [5.74, 6) is 2.73. The minimum Gasteiger partial charge on any atom is -0.384 e. The maximum atomic E-state index is 6.29. The fraction of sp³-hybridized carbons (Fsp3) is 0.722. The predicted octanol–water partition coefficient (Wildman–Crippen LogP) is 4.82. The monoisotopic (exact) mass is 289 g/mol. The van der Waals surface area contributed by atoms with E-state index in [9.17, 15) is 0 Å². The summed E-state index contributed by atoms with van der Waals surface area (Å²) in [6.07, 6.45) is 14.8. The van der Waals surface area contributed by atoms with Gasteiger partial charge in [-0.05, 0) is 25.7 Å². The van der Waals surface area contributed by atoms with Gasteiger partial charge in [-0.1, -0.05) is 51.5 Å². The third-order valence-electron chi connectivity index (χ3n) is 4.38. The summed E-state index contributed by atoms with van der Waals surface area (Å²) < 4.78 is 2.17. The highest BCUT2D eigenvalue weighted by atomic mass is 15.1. The summed E-state index contributed by atoms with van der Waals surface area (Å²) in [4.78, 5) is 4.83. The molecule has 1 fully saturated rings. The third kappa shape index (κ3) is 4.62. The summed E-state index contributed by atoms with van der Waals surface area (Å²) >= 11 is 0. The molecule has 2 N–H and O–H groups in total. The van der Waals surface area contributed by atoms with Crippen molar-refractivity contribution in [3.8, 4) is 0 Å². The van der Waals surface area contributed by atoms with Gasteiger partial charge in [0.05, 0.1) is 5.69 Å². The number of nitrogens with two attached hydrogens (primary N) is 1. The third-order valence-corrected chi connectivity index (χ3v) is 4.38. The van der Waals surface area contributed by atoms with Crippen LogP contribution in [0.3, 0.4) is 0 Å². The van der Waals surface area contributed by atoms with Crippen LogP contribution in [0.2, 0.25) is 0 Å². The minimum absolute atomic E-state index is 0.648. The number of hydrogen-bond acceptors (Lipinski definition) is 2. The van der Waals surface area contributed by atoms with Crippen molar-refractivity contribution in [1.82, 2.24) is 9.55 Å². The van der Waals surface area contributed by atoms with Crippen molar-refractivity contribution in [3.05, 3.63) is 24.2 Å². The summed E-state index contributed by atoms with van der Waals surface area (Å²) in [7, 11) is 0. The van der Waals surface area contributed by atoms with Gasteiger partial charge in [-0.15, -0.1) is 6.58 Å². The molecule has 0 bridgehead atoms. The predicted molar refractivity (Wildman–Crippen MR) is 90.5 cm³/mol. The van der Waals surface area contributed by atoms with Gasteiger partial charge in [-0.3, -0.25) is 0 Å². The van der Waals surface area contributed by atoms with Crippen LogP contribution in [0.25, 0.3) is 0 Å². The zero-order valence-corrected chi connectivity index (χ0v) is 13.6. The molecule has 0 unspecified atom stereocenters. The Morgan fingerprint density at radius 3 is 2.48 bits per heavy atom. The van der Waals surface area contributed by atoms with Gasteiger partial charge in [0, 0.05) is 12.5 Å². The van der Waals surface area contributed by atoms with E-state index < -0.39 is 0 Å². The second kappa shape index (κ2) is 8.26. The Bertz CT molecular complexity index is 444. The molecule has 3 heteroatoms. The minimum atomic E-state index is 0.648. The summed E-state index contributed by atoms with van der Waals surface area (Å²) in [6, 6.07) is 0. The maximum Gasteiger partial charge on any atom is 0.127 e. The zero-order chi connectivity index (χ0) is 15.1. The van der Waals surface area contributed by atoms with E-state index >= 15 is 0 Å². The zero-order valence-electron chi connectivity index (χ0n) is 13.6. The van der Waals surface area contributed by atoms with E-state index in [4.69, 9.17) is 10.7 Å². The van der Waals surface area contributed by atoms with Crippen LogP contribution in [0.15, 0.2) is 12.7 Å². The lowest BCUT2D eigenvalue weighted by molar-refractivity contribution is 0.587. The first kappa shape index (κ1) is 16.1. The Hall–Kier alpha value is -1.25. The first-order valence-electron chi connectivity index (χ1n) is 8.73. The number of hydrogen-bond donors (Lipinski definition) is 1. The van der Waals surface area contributed by atoms with Crippen LogP contribution in [0, 0.1) is 0 Å². The maximum absolute atomic E-state index is 6.29. The Labute approximate surface area is 129 Å². The van der Waals surface area contributed by atoms with Gasteiger partial charge in [0.15, 0.2) is 0 Å². The first-order chi connectivity index (χ1) is 10.3. The van der Waals surface area contributed by atoms with Crippen LogP contribution in [0.5, 0.6) is 0 Å². The van der Waals surface area contributed by atoms with Gasteiger partial charge in [-0.2, -0.15) is 0 Å². The van der Waals surface area contributed by atoms with Crippen molar-refractivity contribution < 1.29 is 0 Å². The number of aromatic nitrogens is 2. The number of imidazole rings is 1. The molecule has 3 nitrogen and oxygen atoms in total. The van der Waals surface area contributed by atoms with E-state index in [1.165, 1.54) is 63.6 Å². The second-order valence-electron chi connectivity index (χ2n) is 6.35. The van der Waals surface area contributed by atoms with E-state index in [1.807, 2.05) is 6.08 Å². The SMILES string of the molecule is C=CCn1c(C2CC2)nc(CCCCCCCCC)c1N. The molecule has 1 aliphatic carbocycles. The van der Waals surface area contributed by atoms with E-state index in [1.54, 1.807) is 0 Å². The largest absolute Gasteiger partial charge is 0.384 e. The van der Waals surface area contributed by atoms with Crippen molar-refractivity contribution in [1.29, 1.82) is 0 Å². The number of aryl methyl sites for hydroxylation is 1. The smallest absolute Gasteiger partial charge is 0.127 e. The molecule has 0 aliphatic heterocycles. The molecule has 21 heavy (non-hydrogen) atoms. The fourth-order valence-electron chi connectivity index (χ4n) is 2.94. The topological polar surface area (TPSA) is 43.8 Å². The number of anilines is 1. The van der Waals surface area contributed by atoms with Crippen molar-refractivity contribution in [2.45, 2.75) is 83.6 Å². The first-order valence-corrected chi connectivity index (χ1v) is 8.73. The van der Waals surface area contributed by atoms with Crippen LogP contribution >= 0.6 is 0 Å². The van der Waals surface area contributed by atoms with Crippen molar-refractivity contribution in [2.75, 3.05) is 5.73 Å². The molecule has 118 valence electrons. The number of nitrogens with zero attached hydrogens (tertiary/aromatic N) is 2. The van der Waals surface area contributed by atoms with E-state index in [0.717, 1.165) is 24.5 Å². The fourth-order valence-corrected chi connectivity index (χ4v) is 2.94. The standard InChI is InChI=1S/C18H31N3/c1-3-5-6-7-8-9-10-11-16-17(19)21(14-4-2)18(20-16)15-12-13-15/h4,15H,2-3,5-14,19H2,1H3. The molecule has 0 aromatic carbocycles. The molecule has 1 saturated carbocycles. The molecule has 1 aromatic heterocycles. The van der Waals surface area contributed by atoms with E-state index in [0.29, 0.717) is 5.92 Å². The number of rotatable bonds is 11. The van der Waals surface area contributed by atoms with Gasteiger partial charge in [-0.25, -0.2) is 4.98 Å². The summed E-state index contributed by atoms with van der Waals surface area (Å²) in [5.41, 5.74) is 7.41. The highest BCUT2D eigenvalue weighted by molar-refractivity contribution is 5.40. The highest BCUT2D eigenvalue weighted by Gasteiger charge is 2.30. The van der Waals surface area contributed by atoms with Crippen molar-refractivity contribution in [2.24, 2.45) is 0 Å². The molecule has 1 aromatic rings. The summed E-state index contributed by atoms with van der Waals surface area (Å²) in [6.45, 7) is 6.89. The Morgan fingerprint density at radius 1 is 1.19 bits per heavy atom. The van der Waals surface area contributed by atoms with Gasteiger partial charge >= 0.3 is 0 Å². The molecular weight excluding hydrogens is 258 g/mol. The summed E-state index contributed by atoms with van der Waals surface area (Å²) in [5, 5.41) is 0. The molecular formula is C18H31N3. The average Bonchev–Trinajstić information content (AvgIpc) is 3.27. The van der Waals surface area contributed by atoms with Crippen molar-refractivity contribution >= 4 is 5.82 Å². The average molecular weight is 289 g/mol. The molecule has 1 heterocycles. The van der Waals surface area contributed by atoms with Crippen LogP contribution in [-0.2, 0) is 13.0 Å². The number of allylic oxidation sites excluding steroid dienone is 1. The Kier molecular flexibility index (Phi) is 6.34. The molecule has 0 amide bonds. The van der Waals surface area contributed by atoms with Gasteiger partial charge in [0.25, 0.3) is 0 Å². The lowest BCUT2D eigenvalue weighted by Gasteiger charge is -2.05. The van der Waals surface area contributed by atoms with E-state index in [2.05, 4.69) is 18.1 Å². The van der Waals surface area contributed by atoms with Gasteiger partial charge in [0.1, 0.15) is 11.6 Å². The van der Waals surface area contributed by atoms with Gasteiger partial charge in [0.2, 0.25) is 0 Å². The van der Waals surface area contributed by atoms with Crippen LogP contribution < -0.4 is 5.73 Å². The molecule has 0 atom stereocenters. The Balaban J connectivity index is 1.80. The Morgan fingerprint density at radius 2 is 1.86 bits per heavy atom. The molecule has 2 rings (SSSR count). The quantitative estimate of drug-likeness (QED) is 0.469. The molecule has 0 saturated heterocycles. The normalized spacial score (nSPS) is 14.5. The highest BCUT2D eigenvalue weighted by Crippen LogP contribution is 2.40. The van der Waals surface area contributed by atoms with Crippen LogP contribution in [-0.4, -0.2) is 9.55 Å². The lowest BCUT2D eigenvalue weighted by Crippen LogP contribution is -2.05. The molecule has 1 aliphatic rings. The lowest BCUT2D eigenvalue weighted by atomic mass is 10.1. The number of nitrogen functional groups attached to an aromatic ring is 1. The van der Waals surface area contributed by atoms with Crippen LogP contribution in [0.1, 0.15) is 82.1 Å². The second-order valence-corrected chi connectivity index (χ2v) is 6.35. The number of unbranched alkanes of at least 4 members (excludes halogenated alkanes) is 6.